The smallest absolute Gasteiger partial charge is 0.355 e. The van der Waals surface area contributed by atoms with Gasteiger partial charge in [-0.05, 0) is 24.3 Å². The normalized spacial score (nSPS) is 10.3. The molecule has 0 radical (unpaired) electrons. The lowest BCUT2D eigenvalue weighted by Gasteiger charge is -2.21. The summed E-state index contributed by atoms with van der Waals surface area (Å²) in [6, 6.07) is 9.61. The minimum absolute atomic E-state index is 0.130. The number of carbonyl (C=O) groups excluding carboxylic acids is 2. The summed E-state index contributed by atoms with van der Waals surface area (Å²) in [5.74, 6) is -2.07. The Labute approximate surface area is 201 Å². The van der Waals surface area contributed by atoms with E-state index < -0.39 is 33.1 Å². The predicted octanol–water partition coefficient (Wildman–Crippen LogP) is 3.26. The molecule has 15 heteroatoms. The second-order valence-corrected chi connectivity index (χ2v) is 7.13. The minimum atomic E-state index is -0.844. The summed E-state index contributed by atoms with van der Waals surface area (Å²) in [6.07, 6.45) is 1.02. The van der Waals surface area contributed by atoms with Gasteiger partial charge >= 0.3 is 11.7 Å². The molecule has 0 aliphatic carbocycles. The van der Waals surface area contributed by atoms with Crippen LogP contribution in [0.5, 0.6) is 0 Å². The van der Waals surface area contributed by atoms with Crippen LogP contribution in [-0.2, 0) is 4.74 Å². The van der Waals surface area contributed by atoms with Crippen LogP contribution in [0.15, 0.2) is 48.8 Å². The lowest BCUT2D eigenvalue weighted by atomic mass is 10.1. The van der Waals surface area contributed by atoms with Gasteiger partial charge in [-0.1, -0.05) is 23.7 Å². The van der Waals surface area contributed by atoms with Crippen LogP contribution in [0.4, 0.5) is 28.7 Å². The molecule has 3 rings (SSSR count). The van der Waals surface area contributed by atoms with Crippen LogP contribution >= 0.6 is 11.6 Å². The van der Waals surface area contributed by atoms with Gasteiger partial charge in [0, 0.05) is 18.7 Å². The van der Waals surface area contributed by atoms with Crippen LogP contribution in [0.3, 0.4) is 0 Å². The van der Waals surface area contributed by atoms with Crippen molar-refractivity contribution in [2.75, 3.05) is 24.5 Å². The summed E-state index contributed by atoms with van der Waals surface area (Å²) in [6.45, 7) is 0. The fraction of sp³-hybridized carbons (Fsp3) is 0.100. The van der Waals surface area contributed by atoms with E-state index in [1.807, 2.05) is 0 Å². The standard InChI is InChI=1S/C20H16ClN7O7/c1-26(14-6-4-3-5-12(14)20(30)35-2)18-16(28(33)34)17(22-10-23-18)24-25-19(29)11-7-8-13(21)15(9-11)27(31)32/h3-10H,1-2H3,(H,25,29)(H,22,23,24). The summed E-state index contributed by atoms with van der Waals surface area (Å²) in [5, 5.41) is 22.8. The molecule has 0 saturated carbocycles. The van der Waals surface area contributed by atoms with Crippen LogP contribution in [0.25, 0.3) is 0 Å². The number of para-hydroxylation sites is 1. The average molecular weight is 502 g/mol. The number of nitrogens with one attached hydrogen (secondary N) is 2. The zero-order chi connectivity index (χ0) is 25.7. The monoisotopic (exact) mass is 501 g/mol. The van der Waals surface area contributed by atoms with Crippen LogP contribution in [-0.4, -0.2) is 45.8 Å². The van der Waals surface area contributed by atoms with Crippen molar-refractivity contribution in [2.45, 2.75) is 0 Å². The molecule has 0 bridgehead atoms. The second kappa shape index (κ2) is 10.4. The van der Waals surface area contributed by atoms with Crippen molar-refractivity contribution in [1.29, 1.82) is 0 Å². The van der Waals surface area contributed by atoms with E-state index >= 15 is 0 Å². The first-order valence-corrected chi connectivity index (χ1v) is 9.94. The highest BCUT2D eigenvalue weighted by molar-refractivity contribution is 6.32. The Morgan fingerprint density at radius 2 is 1.80 bits per heavy atom. The maximum atomic E-state index is 12.5. The molecule has 1 heterocycles. The SMILES string of the molecule is COC(=O)c1ccccc1N(C)c1ncnc(NNC(=O)c2ccc(Cl)c([N+](=O)[O-])c2)c1[N+](=O)[O-]. The Kier molecular flexibility index (Phi) is 7.36. The molecule has 1 aromatic heterocycles. The number of esters is 1. The number of nitrogens with zero attached hydrogens (tertiary/aromatic N) is 5. The molecule has 180 valence electrons. The van der Waals surface area contributed by atoms with Gasteiger partial charge in [0.25, 0.3) is 11.6 Å². The van der Waals surface area contributed by atoms with Crippen LogP contribution < -0.4 is 15.8 Å². The molecule has 14 nitrogen and oxygen atoms in total. The molecule has 0 unspecified atom stereocenters. The van der Waals surface area contributed by atoms with E-state index in [1.165, 1.54) is 37.3 Å². The Hall–Kier alpha value is -4.85. The highest BCUT2D eigenvalue weighted by Crippen LogP contribution is 2.36. The molecule has 0 aliphatic rings. The van der Waals surface area contributed by atoms with E-state index in [0.29, 0.717) is 0 Å². The number of benzene rings is 2. The van der Waals surface area contributed by atoms with E-state index in [9.17, 15) is 29.8 Å². The maximum absolute atomic E-state index is 12.5. The number of aromatic nitrogens is 2. The summed E-state index contributed by atoms with van der Waals surface area (Å²) in [7, 11) is 2.65. The summed E-state index contributed by atoms with van der Waals surface area (Å²) >= 11 is 5.75. The topological polar surface area (TPSA) is 183 Å². The third-order valence-corrected chi connectivity index (χ3v) is 4.99. The van der Waals surface area contributed by atoms with Crippen molar-refractivity contribution in [3.05, 3.63) is 85.2 Å². The van der Waals surface area contributed by atoms with Crippen molar-refractivity contribution < 1.29 is 24.2 Å². The quantitative estimate of drug-likeness (QED) is 0.262. The first-order valence-electron chi connectivity index (χ1n) is 9.56. The van der Waals surface area contributed by atoms with Gasteiger partial charge in [-0.25, -0.2) is 14.8 Å². The molecule has 2 N–H and O–H groups in total. The Bertz CT molecular complexity index is 1330. The van der Waals surface area contributed by atoms with E-state index in [-0.39, 0.29) is 33.5 Å². The summed E-state index contributed by atoms with van der Waals surface area (Å²) in [5.41, 5.74) is 3.71. The van der Waals surface area contributed by atoms with E-state index in [4.69, 9.17) is 16.3 Å². The van der Waals surface area contributed by atoms with Gasteiger partial charge in [0.2, 0.25) is 11.6 Å². The zero-order valence-electron chi connectivity index (χ0n) is 18.1. The first-order chi connectivity index (χ1) is 16.6. The van der Waals surface area contributed by atoms with Gasteiger partial charge < -0.3 is 9.64 Å². The van der Waals surface area contributed by atoms with Gasteiger partial charge in [0.05, 0.1) is 28.2 Å². The third-order valence-electron chi connectivity index (χ3n) is 4.67. The van der Waals surface area contributed by atoms with Gasteiger partial charge in [-0.3, -0.25) is 35.9 Å². The number of amides is 1. The van der Waals surface area contributed by atoms with Crippen molar-refractivity contribution in [1.82, 2.24) is 15.4 Å². The second-order valence-electron chi connectivity index (χ2n) is 6.72. The Morgan fingerprint density at radius 3 is 2.46 bits per heavy atom. The Balaban J connectivity index is 1.93. The fourth-order valence-electron chi connectivity index (χ4n) is 3.02. The molecule has 2 aromatic carbocycles. The number of carbonyl (C=O) groups is 2. The molecule has 3 aromatic rings. The molecule has 0 aliphatic heterocycles. The van der Waals surface area contributed by atoms with Gasteiger partial charge in [-0.2, -0.15) is 0 Å². The molecule has 0 saturated heterocycles. The number of nitro benzene ring substituents is 1. The zero-order valence-corrected chi connectivity index (χ0v) is 18.8. The lowest BCUT2D eigenvalue weighted by molar-refractivity contribution is -0.384. The maximum Gasteiger partial charge on any atom is 0.355 e. The predicted molar refractivity (Wildman–Crippen MR) is 124 cm³/mol. The van der Waals surface area contributed by atoms with E-state index in [2.05, 4.69) is 20.8 Å². The number of hydrazine groups is 1. The van der Waals surface area contributed by atoms with Crippen LogP contribution in [0, 0.1) is 20.2 Å². The number of nitro groups is 2. The number of halogens is 1. The van der Waals surface area contributed by atoms with Crippen molar-refractivity contribution in [3.8, 4) is 0 Å². The molecular formula is C20H16ClN7O7. The van der Waals surface area contributed by atoms with Gasteiger partial charge in [0.15, 0.2) is 0 Å². The summed E-state index contributed by atoms with van der Waals surface area (Å²) in [4.78, 5) is 55.1. The summed E-state index contributed by atoms with van der Waals surface area (Å²) < 4.78 is 4.76. The number of methoxy groups -OCH3 is 1. The first kappa shape index (κ1) is 24.8. The lowest BCUT2D eigenvalue weighted by Crippen LogP contribution is -2.30. The number of anilines is 3. The number of rotatable bonds is 8. The van der Waals surface area contributed by atoms with Crippen molar-refractivity contribution in [3.63, 3.8) is 0 Å². The molecule has 1 amide bonds. The number of hydrogen-bond donors (Lipinski definition) is 2. The van der Waals surface area contributed by atoms with E-state index in [1.54, 1.807) is 18.2 Å². The Morgan fingerprint density at radius 1 is 1.09 bits per heavy atom. The molecule has 0 fully saturated rings. The third kappa shape index (κ3) is 5.22. The fourth-order valence-corrected chi connectivity index (χ4v) is 3.21. The largest absolute Gasteiger partial charge is 0.465 e. The minimum Gasteiger partial charge on any atom is -0.465 e. The van der Waals surface area contributed by atoms with Crippen molar-refractivity contribution >= 4 is 52.2 Å². The molecule has 0 spiro atoms. The van der Waals surface area contributed by atoms with Crippen LogP contribution in [0.2, 0.25) is 5.02 Å². The highest BCUT2D eigenvalue weighted by Gasteiger charge is 2.28. The van der Waals surface area contributed by atoms with Gasteiger partial charge in [0.1, 0.15) is 11.3 Å². The van der Waals surface area contributed by atoms with Crippen LogP contribution in [0.1, 0.15) is 20.7 Å². The number of hydrogen-bond acceptors (Lipinski definition) is 11. The van der Waals surface area contributed by atoms with Crippen molar-refractivity contribution in [2.24, 2.45) is 0 Å². The highest BCUT2D eigenvalue weighted by atomic mass is 35.5. The molecular weight excluding hydrogens is 486 g/mol. The van der Waals surface area contributed by atoms with Gasteiger partial charge in [-0.15, -0.1) is 0 Å². The average Bonchev–Trinajstić information content (AvgIpc) is 2.86. The number of ether oxygens (including phenoxy) is 1. The van der Waals surface area contributed by atoms with E-state index in [0.717, 1.165) is 12.4 Å². The molecule has 0 atom stereocenters. The molecule has 35 heavy (non-hydrogen) atoms.